The summed E-state index contributed by atoms with van der Waals surface area (Å²) in [5, 5.41) is 3.36. The van der Waals surface area contributed by atoms with Crippen LogP contribution in [0.3, 0.4) is 0 Å². The highest BCUT2D eigenvalue weighted by Crippen LogP contribution is 2.48. The zero-order valence-corrected chi connectivity index (χ0v) is 11.5. The zero-order valence-electron chi connectivity index (χ0n) is 11.5. The fourth-order valence-corrected chi connectivity index (χ4v) is 3.72. The lowest BCUT2D eigenvalue weighted by molar-refractivity contribution is -0.119. The summed E-state index contributed by atoms with van der Waals surface area (Å²) in [6.45, 7) is 2.63. The molecule has 1 aromatic rings. The van der Waals surface area contributed by atoms with Gasteiger partial charge in [-0.25, -0.2) is 4.39 Å². The number of hydrogen-bond donors (Lipinski definition) is 1. The summed E-state index contributed by atoms with van der Waals surface area (Å²) in [5.74, 6) is 0.264. The van der Waals surface area contributed by atoms with Gasteiger partial charge in [-0.05, 0) is 62.5 Å². The van der Waals surface area contributed by atoms with Crippen molar-refractivity contribution in [2.45, 2.75) is 31.1 Å². The SMILES string of the molecule is O=C(C1CC1)N1CC2(CCNCC2)c2cc(F)ccc21. The molecule has 2 fully saturated rings. The van der Waals surface area contributed by atoms with E-state index >= 15 is 0 Å². The van der Waals surface area contributed by atoms with Crippen LogP contribution in [0.4, 0.5) is 10.1 Å². The largest absolute Gasteiger partial charge is 0.317 e. The van der Waals surface area contributed by atoms with Gasteiger partial charge in [-0.15, -0.1) is 0 Å². The Labute approximate surface area is 118 Å². The van der Waals surface area contributed by atoms with Gasteiger partial charge in [-0.1, -0.05) is 0 Å². The van der Waals surface area contributed by atoms with Crippen molar-refractivity contribution >= 4 is 11.6 Å². The molecule has 4 rings (SSSR count). The topological polar surface area (TPSA) is 32.3 Å². The first-order chi connectivity index (χ1) is 9.70. The Kier molecular flexibility index (Phi) is 2.64. The first-order valence-electron chi connectivity index (χ1n) is 7.52. The van der Waals surface area contributed by atoms with Gasteiger partial charge in [-0.3, -0.25) is 4.79 Å². The van der Waals surface area contributed by atoms with E-state index in [9.17, 15) is 9.18 Å². The Bertz CT molecular complexity index is 562. The smallest absolute Gasteiger partial charge is 0.230 e. The standard InChI is InChI=1S/C16H19FN2O/c17-12-3-4-14-13(9-12)16(5-7-18-8-6-16)10-19(14)15(20)11-1-2-11/h3-4,9,11,18H,1-2,5-8,10H2. The number of rotatable bonds is 1. The Morgan fingerprint density at radius 3 is 2.75 bits per heavy atom. The number of halogens is 1. The van der Waals surface area contributed by atoms with Crippen LogP contribution in [0.25, 0.3) is 0 Å². The molecule has 3 aliphatic rings. The highest BCUT2D eigenvalue weighted by atomic mass is 19.1. The molecule has 0 atom stereocenters. The van der Waals surface area contributed by atoms with Crippen molar-refractivity contribution in [2.24, 2.45) is 5.92 Å². The number of piperidine rings is 1. The normalized spacial score (nSPS) is 23.9. The van der Waals surface area contributed by atoms with E-state index in [0.29, 0.717) is 0 Å². The van der Waals surface area contributed by atoms with Gasteiger partial charge in [-0.2, -0.15) is 0 Å². The summed E-state index contributed by atoms with van der Waals surface area (Å²) in [4.78, 5) is 14.4. The summed E-state index contributed by atoms with van der Waals surface area (Å²) in [6, 6.07) is 4.93. The summed E-state index contributed by atoms with van der Waals surface area (Å²) < 4.78 is 13.7. The molecular weight excluding hydrogens is 255 g/mol. The first-order valence-corrected chi connectivity index (χ1v) is 7.52. The van der Waals surface area contributed by atoms with E-state index in [2.05, 4.69) is 5.32 Å². The average molecular weight is 274 g/mol. The van der Waals surface area contributed by atoms with E-state index in [-0.39, 0.29) is 23.1 Å². The summed E-state index contributed by atoms with van der Waals surface area (Å²) in [7, 11) is 0. The third-order valence-corrected chi connectivity index (χ3v) is 5.03. The fourth-order valence-electron chi connectivity index (χ4n) is 3.72. The molecule has 0 radical (unpaired) electrons. The Morgan fingerprint density at radius 1 is 1.30 bits per heavy atom. The van der Waals surface area contributed by atoms with Crippen LogP contribution in [0.15, 0.2) is 18.2 Å². The van der Waals surface area contributed by atoms with Crippen LogP contribution in [0.5, 0.6) is 0 Å². The number of anilines is 1. The van der Waals surface area contributed by atoms with Crippen LogP contribution in [0.2, 0.25) is 0 Å². The summed E-state index contributed by atoms with van der Waals surface area (Å²) in [6.07, 6.45) is 4.00. The van der Waals surface area contributed by atoms with Gasteiger partial charge in [0.1, 0.15) is 5.82 Å². The highest BCUT2D eigenvalue weighted by molar-refractivity contribution is 5.99. The van der Waals surface area contributed by atoms with E-state index in [1.165, 1.54) is 6.07 Å². The van der Waals surface area contributed by atoms with Crippen molar-refractivity contribution in [3.8, 4) is 0 Å². The highest BCUT2D eigenvalue weighted by Gasteiger charge is 2.47. The third-order valence-electron chi connectivity index (χ3n) is 5.03. The molecule has 1 saturated carbocycles. The number of carbonyl (C=O) groups is 1. The molecule has 20 heavy (non-hydrogen) atoms. The minimum Gasteiger partial charge on any atom is -0.317 e. The molecule has 1 amide bonds. The fraction of sp³-hybridized carbons (Fsp3) is 0.562. The van der Waals surface area contributed by atoms with Crippen molar-refractivity contribution in [1.82, 2.24) is 5.32 Å². The van der Waals surface area contributed by atoms with E-state index in [4.69, 9.17) is 0 Å². The molecule has 2 heterocycles. The number of carbonyl (C=O) groups excluding carboxylic acids is 1. The second-order valence-electron chi connectivity index (χ2n) is 6.39. The Balaban J connectivity index is 1.77. The number of fused-ring (bicyclic) bond motifs is 2. The zero-order chi connectivity index (χ0) is 13.7. The number of amides is 1. The third kappa shape index (κ3) is 1.78. The van der Waals surface area contributed by atoms with Gasteiger partial charge in [0.15, 0.2) is 0 Å². The lowest BCUT2D eigenvalue weighted by atomic mass is 9.75. The predicted octanol–water partition coefficient (Wildman–Crippen LogP) is 2.20. The van der Waals surface area contributed by atoms with Crippen LogP contribution < -0.4 is 10.2 Å². The van der Waals surface area contributed by atoms with E-state index < -0.39 is 0 Å². The number of nitrogens with zero attached hydrogens (tertiary/aromatic N) is 1. The van der Waals surface area contributed by atoms with Crippen LogP contribution in [-0.4, -0.2) is 25.5 Å². The monoisotopic (exact) mass is 274 g/mol. The van der Waals surface area contributed by atoms with Crippen molar-refractivity contribution in [3.63, 3.8) is 0 Å². The molecule has 1 N–H and O–H groups in total. The molecule has 1 saturated heterocycles. The van der Waals surface area contributed by atoms with Crippen molar-refractivity contribution in [1.29, 1.82) is 0 Å². The van der Waals surface area contributed by atoms with Crippen molar-refractivity contribution in [3.05, 3.63) is 29.6 Å². The maximum Gasteiger partial charge on any atom is 0.230 e. The predicted molar refractivity (Wildman–Crippen MR) is 75.3 cm³/mol. The maximum absolute atomic E-state index is 13.7. The molecule has 1 aliphatic carbocycles. The first kappa shape index (κ1) is 12.3. The lowest BCUT2D eigenvalue weighted by Gasteiger charge is -2.34. The molecule has 1 aromatic carbocycles. The molecule has 0 unspecified atom stereocenters. The Hall–Kier alpha value is -1.42. The molecule has 0 aromatic heterocycles. The quantitative estimate of drug-likeness (QED) is 0.851. The van der Waals surface area contributed by atoms with Gasteiger partial charge in [0.05, 0.1) is 0 Å². The van der Waals surface area contributed by atoms with Crippen molar-refractivity contribution < 1.29 is 9.18 Å². The molecule has 4 heteroatoms. The summed E-state index contributed by atoms with van der Waals surface area (Å²) in [5.41, 5.74) is 1.96. The number of nitrogens with one attached hydrogen (secondary N) is 1. The summed E-state index contributed by atoms with van der Waals surface area (Å²) >= 11 is 0. The van der Waals surface area contributed by atoms with Crippen molar-refractivity contribution in [2.75, 3.05) is 24.5 Å². The van der Waals surface area contributed by atoms with Gasteiger partial charge in [0.25, 0.3) is 0 Å². The molecular formula is C16H19FN2O. The lowest BCUT2D eigenvalue weighted by Crippen LogP contribution is -2.44. The van der Waals surface area contributed by atoms with Gasteiger partial charge >= 0.3 is 0 Å². The van der Waals surface area contributed by atoms with Gasteiger partial charge in [0.2, 0.25) is 5.91 Å². The van der Waals surface area contributed by atoms with Gasteiger partial charge < -0.3 is 10.2 Å². The van der Waals surface area contributed by atoms with Crippen LogP contribution >= 0.6 is 0 Å². The minimum atomic E-state index is -0.192. The van der Waals surface area contributed by atoms with Crippen LogP contribution in [-0.2, 0) is 10.2 Å². The van der Waals surface area contributed by atoms with E-state index in [1.54, 1.807) is 12.1 Å². The Morgan fingerprint density at radius 2 is 2.05 bits per heavy atom. The minimum absolute atomic E-state index is 0.0345. The van der Waals surface area contributed by atoms with E-state index in [0.717, 1.165) is 56.6 Å². The number of hydrogen-bond acceptors (Lipinski definition) is 2. The van der Waals surface area contributed by atoms with Crippen LogP contribution in [0, 0.1) is 11.7 Å². The molecule has 106 valence electrons. The maximum atomic E-state index is 13.7. The molecule has 1 spiro atoms. The molecule has 0 bridgehead atoms. The van der Waals surface area contributed by atoms with E-state index in [1.807, 2.05) is 4.90 Å². The molecule has 2 aliphatic heterocycles. The van der Waals surface area contributed by atoms with Crippen LogP contribution in [0.1, 0.15) is 31.2 Å². The number of benzene rings is 1. The van der Waals surface area contributed by atoms with Gasteiger partial charge in [0, 0.05) is 23.6 Å². The average Bonchev–Trinajstić information content (AvgIpc) is 3.26. The molecule has 3 nitrogen and oxygen atoms in total. The second-order valence-corrected chi connectivity index (χ2v) is 6.39. The second kappa shape index (κ2) is 4.29.